The van der Waals surface area contributed by atoms with E-state index in [-0.39, 0.29) is 72.5 Å². The number of likely N-dealkylation sites (N-methyl/N-ethyl adjacent to an activating group) is 1. The fraction of sp³-hybridized carbons (Fsp3) is 0.562. The molecule has 0 aromatic heterocycles. The molecule has 2 aliphatic rings. The van der Waals surface area contributed by atoms with Crippen molar-refractivity contribution in [2.75, 3.05) is 32.6 Å². The Hall–Kier alpha value is -8.04. The number of amides is 10. The van der Waals surface area contributed by atoms with E-state index in [1.54, 1.807) is 68.4 Å². The maximum atomic E-state index is 15.0. The summed E-state index contributed by atoms with van der Waals surface area (Å²) in [5, 5.41) is 22.2. The van der Waals surface area contributed by atoms with Crippen molar-refractivity contribution < 1.29 is 57.4 Å². The van der Waals surface area contributed by atoms with Crippen LogP contribution in [0, 0.1) is 23.7 Å². The zero-order chi connectivity index (χ0) is 62.5. The second kappa shape index (κ2) is 36.1. The van der Waals surface area contributed by atoms with Crippen LogP contribution in [0.25, 0.3) is 0 Å². The summed E-state index contributed by atoms with van der Waals surface area (Å²) in [4.78, 5) is 138. The van der Waals surface area contributed by atoms with Gasteiger partial charge in [-0.3, -0.25) is 58.8 Å². The largest absolute Gasteiger partial charge is 0.496 e. The average molecular weight is 1190 g/mol. The second-order valence-electron chi connectivity index (χ2n) is 22.9. The molecule has 10 N–H and O–H groups in total. The molecule has 0 spiro atoms. The number of ether oxygens (including phenoxy) is 2. The van der Waals surface area contributed by atoms with Gasteiger partial charge in [0, 0.05) is 31.6 Å². The lowest BCUT2D eigenvalue weighted by atomic mass is 9.84. The third-order valence-corrected chi connectivity index (χ3v) is 16.0. The zero-order valence-corrected chi connectivity index (χ0v) is 51.2. The fourth-order valence-electron chi connectivity index (χ4n) is 10.7. The highest BCUT2D eigenvalue weighted by molar-refractivity contribution is 6.39. The van der Waals surface area contributed by atoms with Crippen LogP contribution >= 0.6 is 0 Å². The molecular formula is C64H92N10O12. The molecule has 0 radical (unpaired) electrons. The Labute approximate surface area is 506 Å². The van der Waals surface area contributed by atoms with E-state index in [0.29, 0.717) is 30.8 Å². The molecule has 0 unspecified atom stereocenters. The van der Waals surface area contributed by atoms with Gasteiger partial charge in [0.25, 0.3) is 11.8 Å². The maximum absolute atomic E-state index is 15.0. The number of unbranched alkanes of at least 4 members (excludes halogenated alkanes) is 1. The number of carbonyl (C=O) groups excluding carboxylic acids is 10. The van der Waals surface area contributed by atoms with Crippen LogP contribution in [0.1, 0.15) is 170 Å². The quantitative estimate of drug-likeness (QED) is 0.0207. The smallest absolute Gasteiger partial charge is 0.313 e. The Morgan fingerprint density at radius 2 is 1.15 bits per heavy atom. The zero-order valence-electron chi connectivity index (χ0n) is 51.2. The first kappa shape index (κ1) is 68.7. The summed E-state index contributed by atoms with van der Waals surface area (Å²) in [5.74, 6) is -6.95. The van der Waals surface area contributed by atoms with Gasteiger partial charge in [0.05, 0.1) is 24.8 Å². The van der Waals surface area contributed by atoms with Gasteiger partial charge in [0.15, 0.2) is 0 Å². The normalized spacial score (nSPS) is 15.6. The molecule has 86 heavy (non-hydrogen) atoms. The Morgan fingerprint density at radius 1 is 0.558 bits per heavy atom. The van der Waals surface area contributed by atoms with Crippen LogP contribution in [0.3, 0.4) is 0 Å². The third kappa shape index (κ3) is 22.1. The SMILES string of the molecule is CCCCOc1ccccc1C(=O)N[C@@H](CC1CCCCC1)C(=O)N[C@@H](CCCNC(=O)C(=O)Nc1ccc(OC)c(C(=O)NNC(=O)C(C)C)c1)C(=O)N[C@@H](Cc1ccccc1)C(=O)N[C@H](C(=O)N[C@@H](CC1CCCCC1)C(=O)NC)[C@@H](C)CC. The molecule has 10 amide bonds. The summed E-state index contributed by atoms with van der Waals surface area (Å²) < 4.78 is 11.3. The summed E-state index contributed by atoms with van der Waals surface area (Å²) in [5.41, 5.74) is 5.52. The Morgan fingerprint density at radius 3 is 1.77 bits per heavy atom. The molecule has 3 aromatic rings. The number of hydrazine groups is 1. The predicted octanol–water partition coefficient (Wildman–Crippen LogP) is 5.84. The van der Waals surface area contributed by atoms with Crippen molar-refractivity contribution >= 4 is 64.8 Å². The Balaban J connectivity index is 1.41. The van der Waals surface area contributed by atoms with Crippen LogP contribution < -0.4 is 62.9 Å². The third-order valence-electron chi connectivity index (χ3n) is 16.0. The second-order valence-corrected chi connectivity index (χ2v) is 22.9. The number of hydrogen-bond donors (Lipinski definition) is 10. The molecule has 6 atom stereocenters. The fourth-order valence-corrected chi connectivity index (χ4v) is 10.7. The minimum absolute atomic E-state index is 0.00757. The van der Waals surface area contributed by atoms with Gasteiger partial charge in [-0.1, -0.05) is 154 Å². The van der Waals surface area contributed by atoms with Crippen molar-refractivity contribution in [1.82, 2.24) is 48.1 Å². The summed E-state index contributed by atoms with van der Waals surface area (Å²) in [6.07, 6.45) is 12.4. The van der Waals surface area contributed by atoms with Crippen LogP contribution in [-0.4, -0.2) is 117 Å². The lowest BCUT2D eigenvalue weighted by Crippen LogP contribution is -2.60. The van der Waals surface area contributed by atoms with Crippen LogP contribution in [0.15, 0.2) is 72.8 Å². The lowest BCUT2D eigenvalue weighted by Gasteiger charge is -2.31. The number of hydrogen-bond acceptors (Lipinski definition) is 12. The van der Waals surface area contributed by atoms with Crippen LogP contribution in [0.4, 0.5) is 5.69 Å². The number of para-hydroxylation sites is 1. The van der Waals surface area contributed by atoms with Gasteiger partial charge >= 0.3 is 11.8 Å². The standard InChI is InChI=1S/C64H92N10O12/c1-8-10-35-86-53-31-21-20-29-46(53)56(76)69-50(37-43-25-16-12-17-26-43)60(80)68-48(30-22-34-66-63(83)64(84)67-45-32-33-52(85-7)47(39-45)57(77)74-73-55(75)40(3)4)59(79)70-51(38-44-27-18-13-19-28-44)61(81)72-54(41(5)9-2)62(82)71-49(58(78)65-6)36-42-23-14-11-15-24-42/h13,18-21,27-29,31-33,39-43,48-51,54H,8-12,14-17,22-26,30,34-38H2,1-7H3,(H,65,78)(H,66,83)(H,67,84)(H,68,80)(H,69,76)(H,70,79)(H,71,82)(H,72,81)(H,73,75)(H,74,77)/t41-,48-,49-,50-,51-,54-/m0/s1. The van der Waals surface area contributed by atoms with E-state index in [1.165, 1.54) is 32.4 Å². The molecule has 22 heteroatoms. The summed E-state index contributed by atoms with van der Waals surface area (Å²) in [6, 6.07) is 14.0. The maximum Gasteiger partial charge on any atom is 0.313 e. The van der Waals surface area contributed by atoms with Gasteiger partial charge < -0.3 is 52.0 Å². The van der Waals surface area contributed by atoms with Crippen LogP contribution in [-0.2, 0) is 44.8 Å². The average Bonchev–Trinajstić information content (AvgIpc) is 3.59. The van der Waals surface area contributed by atoms with Crippen molar-refractivity contribution in [2.24, 2.45) is 23.7 Å². The van der Waals surface area contributed by atoms with E-state index in [2.05, 4.69) is 53.4 Å². The van der Waals surface area contributed by atoms with Crippen molar-refractivity contribution in [1.29, 1.82) is 0 Å². The van der Waals surface area contributed by atoms with E-state index >= 15 is 0 Å². The molecule has 470 valence electrons. The molecule has 2 saturated carbocycles. The summed E-state index contributed by atoms with van der Waals surface area (Å²) >= 11 is 0. The first-order chi connectivity index (χ1) is 41.3. The highest BCUT2D eigenvalue weighted by atomic mass is 16.5. The van der Waals surface area contributed by atoms with Crippen molar-refractivity contribution in [3.05, 3.63) is 89.5 Å². The van der Waals surface area contributed by atoms with E-state index < -0.39 is 95.2 Å². The van der Waals surface area contributed by atoms with Gasteiger partial charge in [0.2, 0.25) is 35.4 Å². The van der Waals surface area contributed by atoms with Crippen LogP contribution in [0.5, 0.6) is 11.5 Å². The monoisotopic (exact) mass is 1190 g/mol. The van der Waals surface area contributed by atoms with E-state index in [9.17, 15) is 47.9 Å². The number of anilines is 1. The summed E-state index contributed by atoms with van der Waals surface area (Å²) in [6.45, 7) is 9.22. The number of rotatable bonds is 31. The van der Waals surface area contributed by atoms with Gasteiger partial charge in [0.1, 0.15) is 41.7 Å². The molecule has 0 aliphatic heterocycles. The summed E-state index contributed by atoms with van der Waals surface area (Å²) in [7, 11) is 2.85. The molecule has 0 saturated heterocycles. The molecule has 22 nitrogen and oxygen atoms in total. The topological polar surface area (TPSA) is 309 Å². The molecule has 2 fully saturated rings. The molecule has 0 bridgehead atoms. The minimum atomic E-state index is -1.38. The van der Waals surface area contributed by atoms with E-state index in [1.807, 2.05) is 20.8 Å². The van der Waals surface area contributed by atoms with Gasteiger partial charge in [-0.15, -0.1) is 0 Å². The molecule has 0 heterocycles. The van der Waals surface area contributed by atoms with E-state index in [0.717, 1.165) is 77.0 Å². The van der Waals surface area contributed by atoms with Crippen molar-refractivity contribution in [3.63, 3.8) is 0 Å². The number of methoxy groups -OCH3 is 1. The van der Waals surface area contributed by atoms with Crippen LogP contribution in [0.2, 0.25) is 0 Å². The number of nitrogens with one attached hydrogen (secondary N) is 10. The Kier molecular flexibility index (Phi) is 28.8. The van der Waals surface area contributed by atoms with Gasteiger partial charge in [-0.05, 0) is 85.8 Å². The number of benzene rings is 3. The first-order valence-corrected chi connectivity index (χ1v) is 30.7. The van der Waals surface area contributed by atoms with Crippen molar-refractivity contribution in [3.8, 4) is 11.5 Å². The first-order valence-electron chi connectivity index (χ1n) is 30.7. The molecule has 2 aliphatic carbocycles. The van der Waals surface area contributed by atoms with Gasteiger partial charge in [-0.2, -0.15) is 0 Å². The van der Waals surface area contributed by atoms with Gasteiger partial charge in [-0.25, -0.2) is 0 Å². The highest BCUT2D eigenvalue weighted by Gasteiger charge is 2.36. The Bertz CT molecular complexity index is 2750. The minimum Gasteiger partial charge on any atom is -0.496 e. The highest BCUT2D eigenvalue weighted by Crippen LogP contribution is 2.30. The number of carbonyl (C=O) groups is 10. The molecular weight excluding hydrogens is 1100 g/mol. The molecule has 5 rings (SSSR count). The lowest BCUT2D eigenvalue weighted by molar-refractivity contribution is -0.136. The van der Waals surface area contributed by atoms with E-state index in [4.69, 9.17) is 9.47 Å². The van der Waals surface area contributed by atoms with Crippen molar-refractivity contribution in [2.45, 2.75) is 180 Å². The molecule has 3 aromatic carbocycles. The predicted molar refractivity (Wildman–Crippen MR) is 326 cm³/mol.